The van der Waals surface area contributed by atoms with Crippen LogP contribution in [0.25, 0.3) is 64.7 Å². The molecule has 0 saturated heterocycles. The Hall–Kier alpha value is -7.14. The maximum absolute atomic E-state index is 2.68. The maximum Gasteiger partial charge on any atom is 0.264 e. The third kappa shape index (κ3) is 6.52. The fraction of sp³-hybridized carbons (Fsp3) is 0.182. The first-order chi connectivity index (χ1) is 33.6. The van der Waals surface area contributed by atoms with Gasteiger partial charge >= 0.3 is 0 Å². The molecule has 0 radical (unpaired) electrons. The number of rotatable bonds is 4. The van der Waals surface area contributed by atoms with Crippen LogP contribution in [0, 0.1) is 0 Å². The third-order valence-corrected chi connectivity index (χ3v) is 16.7. The molecular formula is C66H57BN2S. The van der Waals surface area contributed by atoms with Gasteiger partial charge in [-0.15, -0.1) is 11.3 Å². The smallest absolute Gasteiger partial charge is 0.264 e. The first-order valence-electron chi connectivity index (χ1n) is 25.0. The van der Waals surface area contributed by atoms with Crippen LogP contribution in [0.15, 0.2) is 182 Å². The van der Waals surface area contributed by atoms with Crippen molar-refractivity contribution in [3.8, 4) is 22.3 Å². The van der Waals surface area contributed by atoms with Crippen LogP contribution in [-0.4, -0.2) is 6.71 Å². The van der Waals surface area contributed by atoms with Gasteiger partial charge in [-0.1, -0.05) is 190 Å². The summed E-state index contributed by atoms with van der Waals surface area (Å²) in [4.78, 5) is 5.24. The van der Waals surface area contributed by atoms with Crippen molar-refractivity contribution in [2.45, 2.75) is 78.6 Å². The van der Waals surface area contributed by atoms with Crippen molar-refractivity contribution in [3.05, 3.63) is 199 Å². The van der Waals surface area contributed by atoms with Gasteiger partial charge in [0, 0.05) is 43.2 Å². The molecule has 0 unspecified atom stereocenters. The van der Waals surface area contributed by atoms with Gasteiger partial charge in [-0.2, -0.15) is 0 Å². The Morgan fingerprint density at radius 3 is 1.73 bits per heavy atom. The molecule has 13 rings (SSSR count). The van der Waals surface area contributed by atoms with E-state index in [0.717, 1.165) is 0 Å². The van der Waals surface area contributed by atoms with Crippen LogP contribution in [0.3, 0.4) is 0 Å². The van der Waals surface area contributed by atoms with Crippen molar-refractivity contribution in [2.75, 3.05) is 9.80 Å². The first kappa shape index (κ1) is 42.9. The van der Waals surface area contributed by atoms with Gasteiger partial charge in [0.2, 0.25) is 0 Å². The lowest BCUT2D eigenvalue weighted by Crippen LogP contribution is -2.60. The summed E-state index contributed by atoms with van der Waals surface area (Å²) in [6.07, 6.45) is 0. The average molecular weight is 921 g/mol. The maximum atomic E-state index is 2.68. The Labute approximate surface area is 417 Å². The van der Waals surface area contributed by atoms with E-state index in [1.54, 1.807) is 0 Å². The summed E-state index contributed by atoms with van der Waals surface area (Å²) in [7, 11) is 0. The Balaban J connectivity index is 1.13. The number of nitrogens with zero attached hydrogens (tertiary/aromatic N) is 2. The predicted molar refractivity (Wildman–Crippen MR) is 307 cm³/mol. The molecule has 340 valence electrons. The molecule has 2 aliphatic rings. The van der Waals surface area contributed by atoms with E-state index >= 15 is 0 Å². The Kier molecular flexibility index (Phi) is 9.31. The zero-order valence-corrected chi connectivity index (χ0v) is 42.5. The summed E-state index contributed by atoms with van der Waals surface area (Å²) in [5.74, 6) is 0. The van der Waals surface area contributed by atoms with E-state index in [9.17, 15) is 0 Å². The van der Waals surface area contributed by atoms with Crippen LogP contribution in [-0.2, 0) is 16.2 Å². The monoisotopic (exact) mass is 920 g/mol. The molecule has 0 amide bonds. The van der Waals surface area contributed by atoms with Gasteiger partial charge in [-0.25, -0.2) is 0 Å². The minimum absolute atomic E-state index is 0.0182. The zero-order valence-electron chi connectivity index (χ0n) is 41.7. The van der Waals surface area contributed by atoms with Crippen LogP contribution in [0.4, 0.5) is 34.1 Å². The van der Waals surface area contributed by atoms with Crippen LogP contribution in [0.1, 0.15) is 79.0 Å². The molecule has 0 N–H and O–H groups in total. The Morgan fingerprint density at radius 2 is 1.01 bits per heavy atom. The third-order valence-electron chi connectivity index (χ3n) is 15.5. The number of anilines is 6. The molecule has 0 aliphatic carbocycles. The van der Waals surface area contributed by atoms with Gasteiger partial charge in [0.15, 0.2) is 0 Å². The van der Waals surface area contributed by atoms with Crippen molar-refractivity contribution in [1.82, 2.24) is 0 Å². The molecular weight excluding hydrogens is 864 g/mol. The summed E-state index contributed by atoms with van der Waals surface area (Å²) in [6.45, 7) is 21.0. The molecule has 10 aromatic carbocycles. The molecule has 0 saturated carbocycles. The second kappa shape index (κ2) is 15.2. The van der Waals surface area contributed by atoms with Crippen molar-refractivity contribution < 1.29 is 0 Å². The normalized spacial score (nSPS) is 13.7. The quantitative estimate of drug-likeness (QED) is 0.128. The number of hydrogen-bond donors (Lipinski definition) is 0. The largest absolute Gasteiger partial charge is 0.311 e. The highest BCUT2D eigenvalue weighted by atomic mass is 32.1. The number of hydrogen-bond acceptors (Lipinski definition) is 3. The number of fused-ring (bicyclic) bond motifs is 6. The van der Waals surface area contributed by atoms with E-state index in [0.29, 0.717) is 0 Å². The fourth-order valence-electron chi connectivity index (χ4n) is 11.7. The van der Waals surface area contributed by atoms with E-state index in [-0.39, 0.29) is 23.0 Å². The van der Waals surface area contributed by atoms with Gasteiger partial charge in [-0.05, 0) is 147 Å². The van der Waals surface area contributed by atoms with Crippen molar-refractivity contribution in [3.63, 3.8) is 0 Å². The Bertz CT molecular complexity index is 3880. The molecule has 2 aliphatic heterocycles. The molecule has 1 aromatic heterocycles. The second-order valence-electron chi connectivity index (χ2n) is 23.0. The van der Waals surface area contributed by atoms with E-state index in [1.807, 2.05) is 11.3 Å². The molecule has 0 spiro atoms. The predicted octanol–water partition coefficient (Wildman–Crippen LogP) is 17.1. The van der Waals surface area contributed by atoms with Crippen LogP contribution >= 0.6 is 11.3 Å². The standard InChI is InChI=1S/C66H57BN2S/c1-64(2,3)45-26-30-48(31-27-45)68-55-19-14-20-56-61(55)67(53-34-25-44(37-57(53)68)40-15-11-10-12-16-40)63-62(52-39-47(66(7,8)9)29-36-58(52)70-63)69(56)54-35-28-46(65(4,5)6)38-51(54)49-32-23-43-22-21-41-17-13-18-42-24-33-50(49)60(43)59(41)42/h10-39H,1-9H3. The van der Waals surface area contributed by atoms with Gasteiger partial charge < -0.3 is 9.80 Å². The van der Waals surface area contributed by atoms with E-state index < -0.39 is 0 Å². The lowest BCUT2D eigenvalue weighted by atomic mass is 9.36. The first-order valence-corrected chi connectivity index (χ1v) is 25.8. The van der Waals surface area contributed by atoms with Crippen LogP contribution in [0.2, 0.25) is 0 Å². The second-order valence-corrected chi connectivity index (χ2v) is 24.1. The molecule has 0 bridgehead atoms. The van der Waals surface area contributed by atoms with E-state index in [4.69, 9.17) is 0 Å². The summed E-state index contributed by atoms with van der Waals surface area (Å²) < 4.78 is 2.70. The molecule has 3 heterocycles. The van der Waals surface area contributed by atoms with Crippen molar-refractivity contribution in [1.29, 1.82) is 0 Å². The highest BCUT2D eigenvalue weighted by Crippen LogP contribution is 2.52. The zero-order chi connectivity index (χ0) is 48.0. The summed E-state index contributed by atoms with van der Waals surface area (Å²) >= 11 is 1.98. The van der Waals surface area contributed by atoms with Crippen molar-refractivity contribution >= 4 is 110 Å². The Morgan fingerprint density at radius 1 is 0.400 bits per heavy atom. The summed E-state index contributed by atoms with van der Waals surface area (Å²) in [5, 5.41) is 9.13. The highest BCUT2D eigenvalue weighted by Gasteiger charge is 2.46. The van der Waals surface area contributed by atoms with Crippen LogP contribution in [0.5, 0.6) is 0 Å². The number of benzene rings is 10. The lowest BCUT2D eigenvalue weighted by molar-refractivity contribution is 0.590. The molecule has 4 heteroatoms. The van der Waals surface area contributed by atoms with E-state index in [1.165, 1.54) is 131 Å². The molecule has 70 heavy (non-hydrogen) atoms. The molecule has 0 atom stereocenters. The van der Waals surface area contributed by atoms with Gasteiger partial charge in [0.05, 0.1) is 11.4 Å². The minimum Gasteiger partial charge on any atom is -0.311 e. The van der Waals surface area contributed by atoms with Crippen LogP contribution < -0.4 is 25.5 Å². The topological polar surface area (TPSA) is 6.48 Å². The van der Waals surface area contributed by atoms with Gasteiger partial charge in [0.1, 0.15) is 0 Å². The average Bonchev–Trinajstić information content (AvgIpc) is 3.73. The SMILES string of the molecule is CC(C)(C)c1ccc(N2c3cc(-c4ccccc4)ccc3B3c4sc5ccc(C(C)(C)C)cc5c4N(c4ccc(C(C)(C)C)cc4-c4ccc5ccc6cccc7ccc4c5c67)c4cccc2c43)cc1. The molecule has 11 aromatic rings. The summed E-state index contributed by atoms with van der Waals surface area (Å²) in [5.41, 5.74) is 18.9. The minimum atomic E-state index is -0.0663. The highest BCUT2D eigenvalue weighted by molar-refractivity contribution is 7.33. The van der Waals surface area contributed by atoms with Gasteiger partial charge in [0.25, 0.3) is 6.71 Å². The summed E-state index contributed by atoms with van der Waals surface area (Å²) in [6, 6.07) is 70.0. The van der Waals surface area contributed by atoms with E-state index in [2.05, 4.69) is 254 Å². The molecule has 0 fully saturated rings. The number of thiophene rings is 1. The molecule has 2 nitrogen and oxygen atoms in total. The van der Waals surface area contributed by atoms with Gasteiger partial charge in [-0.3, -0.25) is 0 Å². The van der Waals surface area contributed by atoms with Crippen molar-refractivity contribution in [2.24, 2.45) is 0 Å². The lowest BCUT2D eigenvalue weighted by Gasteiger charge is -2.43. The fourth-order valence-corrected chi connectivity index (χ4v) is 13.0.